The van der Waals surface area contributed by atoms with Gasteiger partial charge in [-0.2, -0.15) is 0 Å². The number of hydrogen-bond donors (Lipinski definition) is 1. The first-order valence-corrected chi connectivity index (χ1v) is 11.2. The van der Waals surface area contributed by atoms with Gasteiger partial charge in [0.1, 0.15) is 5.01 Å². The zero-order valence-corrected chi connectivity index (χ0v) is 17.2. The number of rotatable bonds is 4. The number of amides is 1. The predicted molar refractivity (Wildman–Crippen MR) is 110 cm³/mol. The highest BCUT2D eigenvalue weighted by Gasteiger charge is 2.54. The summed E-state index contributed by atoms with van der Waals surface area (Å²) >= 11 is 7.96. The van der Waals surface area contributed by atoms with E-state index in [1.54, 1.807) is 11.3 Å². The van der Waals surface area contributed by atoms with E-state index in [2.05, 4.69) is 5.32 Å². The largest absolute Gasteiger partial charge is 0.351 e. The van der Waals surface area contributed by atoms with Gasteiger partial charge in [-0.3, -0.25) is 4.79 Å². The summed E-state index contributed by atoms with van der Waals surface area (Å²) in [5.41, 5.74) is 1.87. The van der Waals surface area contributed by atoms with E-state index in [1.807, 2.05) is 31.2 Å². The molecule has 6 rings (SSSR count). The molecule has 142 valence electrons. The first kappa shape index (κ1) is 17.7. The van der Waals surface area contributed by atoms with E-state index in [1.165, 1.54) is 19.3 Å². The highest BCUT2D eigenvalue weighted by molar-refractivity contribution is 7.15. The molecule has 0 aliphatic heterocycles. The Morgan fingerprint density at radius 2 is 1.81 bits per heavy atom. The third kappa shape index (κ3) is 3.11. The van der Waals surface area contributed by atoms with E-state index in [-0.39, 0.29) is 11.3 Å². The molecule has 1 aromatic carbocycles. The zero-order valence-electron chi connectivity index (χ0n) is 15.6. The second-order valence-corrected chi connectivity index (χ2v) is 10.4. The van der Waals surface area contributed by atoms with Crippen molar-refractivity contribution in [3.05, 3.63) is 39.9 Å². The molecule has 4 saturated carbocycles. The van der Waals surface area contributed by atoms with Crippen LogP contribution < -0.4 is 5.32 Å². The first-order chi connectivity index (χ1) is 13.0. The Labute approximate surface area is 169 Å². The molecule has 27 heavy (non-hydrogen) atoms. The molecule has 1 amide bonds. The molecule has 3 nitrogen and oxygen atoms in total. The minimum Gasteiger partial charge on any atom is -0.351 e. The summed E-state index contributed by atoms with van der Waals surface area (Å²) in [6, 6.07) is 7.80. The van der Waals surface area contributed by atoms with Gasteiger partial charge in [0.15, 0.2) is 0 Å². The van der Waals surface area contributed by atoms with Crippen molar-refractivity contribution in [2.24, 2.45) is 23.2 Å². The van der Waals surface area contributed by atoms with Crippen molar-refractivity contribution < 1.29 is 4.79 Å². The molecule has 4 bridgehead atoms. The molecule has 0 unspecified atom stereocenters. The SMILES string of the molecule is Cc1nc(-c2ccccc2Cl)sc1CNC(=O)C12CC3CC(CC(C3)C1)C2. The maximum atomic E-state index is 13.2. The topological polar surface area (TPSA) is 42.0 Å². The number of benzene rings is 1. The van der Waals surface area contributed by atoms with Gasteiger partial charge in [-0.05, 0) is 69.3 Å². The highest BCUT2D eigenvalue weighted by Crippen LogP contribution is 2.60. The van der Waals surface area contributed by atoms with Gasteiger partial charge in [0.05, 0.1) is 17.3 Å². The summed E-state index contributed by atoms with van der Waals surface area (Å²) < 4.78 is 0. The number of nitrogens with zero attached hydrogens (tertiary/aromatic N) is 1. The summed E-state index contributed by atoms with van der Waals surface area (Å²) in [5, 5.41) is 4.92. The van der Waals surface area contributed by atoms with Crippen molar-refractivity contribution in [3.8, 4) is 10.6 Å². The van der Waals surface area contributed by atoms with Crippen LogP contribution >= 0.6 is 22.9 Å². The fraction of sp³-hybridized carbons (Fsp3) is 0.545. The Balaban J connectivity index is 1.31. The van der Waals surface area contributed by atoms with Gasteiger partial charge in [-0.15, -0.1) is 11.3 Å². The number of nitrogens with one attached hydrogen (secondary N) is 1. The molecule has 5 heteroatoms. The van der Waals surface area contributed by atoms with Crippen molar-refractivity contribution in [2.45, 2.75) is 52.0 Å². The quantitative estimate of drug-likeness (QED) is 0.725. The molecule has 1 aromatic heterocycles. The van der Waals surface area contributed by atoms with E-state index < -0.39 is 0 Å². The van der Waals surface area contributed by atoms with Gasteiger partial charge in [0.2, 0.25) is 5.91 Å². The molecule has 0 spiro atoms. The number of halogens is 1. The van der Waals surface area contributed by atoms with Crippen LogP contribution in [0.5, 0.6) is 0 Å². The molecule has 1 heterocycles. The van der Waals surface area contributed by atoms with Crippen LogP contribution in [0.15, 0.2) is 24.3 Å². The Bertz CT molecular complexity index is 855. The molecule has 2 aromatic rings. The smallest absolute Gasteiger partial charge is 0.226 e. The number of thiazole rings is 1. The molecule has 0 saturated heterocycles. The van der Waals surface area contributed by atoms with Crippen molar-refractivity contribution in [1.29, 1.82) is 0 Å². The van der Waals surface area contributed by atoms with E-state index in [0.717, 1.165) is 63.2 Å². The summed E-state index contributed by atoms with van der Waals surface area (Å²) in [5.74, 6) is 2.66. The summed E-state index contributed by atoms with van der Waals surface area (Å²) in [7, 11) is 0. The summed E-state index contributed by atoms with van der Waals surface area (Å²) in [4.78, 5) is 19.0. The second-order valence-electron chi connectivity index (χ2n) is 8.89. The molecular formula is C22H25ClN2OS. The van der Waals surface area contributed by atoms with Gasteiger partial charge in [-0.1, -0.05) is 29.8 Å². The number of hydrogen-bond acceptors (Lipinski definition) is 3. The lowest BCUT2D eigenvalue weighted by atomic mass is 9.49. The summed E-state index contributed by atoms with van der Waals surface area (Å²) in [6.45, 7) is 2.59. The van der Waals surface area contributed by atoms with Crippen LogP contribution in [0.3, 0.4) is 0 Å². The number of carbonyl (C=O) groups excluding carboxylic acids is 1. The van der Waals surface area contributed by atoms with Crippen LogP contribution in [0.2, 0.25) is 5.02 Å². The van der Waals surface area contributed by atoms with Gasteiger partial charge in [-0.25, -0.2) is 4.98 Å². The number of aryl methyl sites for hydroxylation is 1. The Morgan fingerprint density at radius 1 is 1.19 bits per heavy atom. The average molecular weight is 401 g/mol. The Morgan fingerprint density at radius 3 is 2.44 bits per heavy atom. The molecule has 1 N–H and O–H groups in total. The van der Waals surface area contributed by atoms with Crippen LogP contribution in [0.25, 0.3) is 10.6 Å². The maximum Gasteiger partial charge on any atom is 0.226 e. The van der Waals surface area contributed by atoms with Crippen LogP contribution in [0.1, 0.15) is 49.1 Å². The van der Waals surface area contributed by atoms with Crippen molar-refractivity contribution in [3.63, 3.8) is 0 Å². The molecule has 4 fully saturated rings. The third-order valence-electron chi connectivity index (χ3n) is 6.93. The van der Waals surface area contributed by atoms with Crippen molar-refractivity contribution in [2.75, 3.05) is 0 Å². The van der Waals surface area contributed by atoms with Crippen LogP contribution in [0, 0.1) is 30.1 Å². The maximum absolute atomic E-state index is 13.2. The van der Waals surface area contributed by atoms with Crippen LogP contribution in [-0.2, 0) is 11.3 Å². The van der Waals surface area contributed by atoms with E-state index in [4.69, 9.17) is 16.6 Å². The number of aromatic nitrogens is 1. The lowest BCUT2D eigenvalue weighted by molar-refractivity contribution is -0.146. The predicted octanol–water partition coefficient (Wildman–Crippen LogP) is 5.60. The van der Waals surface area contributed by atoms with Crippen molar-refractivity contribution in [1.82, 2.24) is 10.3 Å². The van der Waals surface area contributed by atoms with Crippen LogP contribution in [-0.4, -0.2) is 10.9 Å². The lowest BCUT2D eigenvalue weighted by Gasteiger charge is -2.55. The van der Waals surface area contributed by atoms with Crippen LogP contribution in [0.4, 0.5) is 0 Å². The Kier molecular flexibility index (Phi) is 4.32. The lowest BCUT2D eigenvalue weighted by Crippen LogP contribution is -2.53. The summed E-state index contributed by atoms with van der Waals surface area (Å²) in [6.07, 6.45) is 7.41. The third-order valence-corrected chi connectivity index (χ3v) is 8.45. The first-order valence-electron chi connectivity index (χ1n) is 10.0. The molecule has 4 aliphatic carbocycles. The average Bonchev–Trinajstić information content (AvgIpc) is 2.99. The normalized spacial score (nSPS) is 31.3. The van der Waals surface area contributed by atoms with E-state index in [0.29, 0.717) is 6.54 Å². The standard InChI is InChI=1S/C22H25ClN2OS/c1-13-19(27-20(25-13)17-4-2-3-5-18(17)23)12-24-21(26)22-9-14-6-15(10-22)8-16(7-14)11-22/h2-5,14-16H,6-12H2,1H3,(H,24,26). The van der Waals surface area contributed by atoms with Gasteiger partial charge < -0.3 is 5.32 Å². The van der Waals surface area contributed by atoms with E-state index in [9.17, 15) is 4.79 Å². The fourth-order valence-corrected chi connectivity index (χ4v) is 7.40. The molecule has 0 radical (unpaired) electrons. The van der Waals surface area contributed by atoms with Gasteiger partial charge in [0.25, 0.3) is 0 Å². The highest BCUT2D eigenvalue weighted by atomic mass is 35.5. The minimum absolute atomic E-state index is 0.0844. The zero-order chi connectivity index (χ0) is 18.6. The van der Waals surface area contributed by atoms with Gasteiger partial charge >= 0.3 is 0 Å². The van der Waals surface area contributed by atoms with Crippen molar-refractivity contribution >= 4 is 28.8 Å². The molecule has 0 atom stereocenters. The molecular weight excluding hydrogens is 376 g/mol. The van der Waals surface area contributed by atoms with E-state index >= 15 is 0 Å². The monoisotopic (exact) mass is 400 g/mol. The van der Waals surface area contributed by atoms with Gasteiger partial charge in [0, 0.05) is 15.9 Å². The number of carbonyl (C=O) groups is 1. The second kappa shape index (κ2) is 6.59. The Hall–Kier alpha value is -1.39. The fourth-order valence-electron chi connectivity index (χ4n) is 6.08. The molecule has 4 aliphatic rings. The minimum atomic E-state index is -0.0844.